The molecule has 8 aromatic carbocycles. The highest BCUT2D eigenvalue weighted by atomic mass is 16.3. The molecule has 11 rings (SSSR count). The molecule has 0 radical (unpaired) electrons. The van der Waals surface area contributed by atoms with Crippen molar-refractivity contribution in [3.8, 4) is 11.1 Å². The molecule has 0 saturated heterocycles. The summed E-state index contributed by atoms with van der Waals surface area (Å²) in [6.45, 7) is 0. The third kappa shape index (κ3) is 3.96. The van der Waals surface area contributed by atoms with Crippen LogP contribution in [0.5, 0.6) is 0 Å². The Morgan fingerprint density at radius 1 is 0.385 bits per heavy atom. The normalized spacial score (nSPS) is 13.2. The molecule has 0 amide bonds. The van der Waals surface area contributed by atoms with Gasteiger partial charge in [0.1, 0.15) is 16.7 Å². The molecule has 1 aliphatic carbocycles. The van der Waals surface area contributed by atoms with Gasteiger partial charge >= 0.3 is 0 Å². The highest BCUT2D eigenvalue weighted by Gasteiger charge is 2.45. The maximum atomic E-state index is 6.77. The molecule has 0 N–H and O–H groups in total. The zero-order chi connectivity index (χ0) is 34.2. The fourth-order valence-corrected chi connectivity index (χ4v) is 8.79. The van der Waals surface area contributed by atoms with E-state index in [2.05, 4.69) is 169 Å². The molecule has 1 aliphatic rings. The van der Waals surface area contributed by atoms with Gasteiger partial charge in [0, 0.05) is 27.5 Å². The van der Waals surface area contributed by atoms with E-state index in [-0.39, 0.29) is 0 Å². The van der Waals surface area contributed by atoms with Crippen molar-refractivity contribution in [1.82, 2.24) is 0 Å². The summed E-state index contributed by atoms with van der Waals surface area (Å²) in [5.74, 6) is 0. The van der Waals surface area contributed by atoms with E-state index < -0.39 is 5.41 Å². The largest absolute Gasteiger partial charge is 0.455 e. The molecule has 0 saturated carbocycles. The number of hydrogen-bond acceptors (Lipinski definition) is 3. The lowest BCUT2D eigenvalue weighted by atomic mass is 9.68. The van der Waals surface area contributed by atoms with Gasteiger partial charge in [-0.05, 0) is 75.8 Å². The van der Waals surface area contributed by atoms with Crippen molar-refractivity contribution in [2.24, 2.45) is 0 Å². The van der Waals surface area contributed by atoms with E-state index in [9.17, 15) is 0 Å². The highest BCUT2D eigenvalue weighted by molar-refractivity contribution is 6.25. The number of rotatable bonds is 5. The number of benzene rings is 8. The van der Waals surface area contributed by atoms with Crippen LogP contribution in [0.1, 0.15) is 22.3 Å². The number of para-hydroxylation sites is 3. The maximum Gasteiger partial charge on any atom is 0.163 e. The summed E-state index contributed by atoms with van der Waals surface area (Å²) in [5.41, 5.74) is 13.5. The second-order valence-corrected chi connectivity index (χ2v) is 13.6. The molecule has 0 bridgehead atoms. The van der Waals surface area contributed by atoms with Crippen molar-refractivity contribution < 1.29 is 8.83 Å². The second kappa shape index (κ2) is 11.1. The smallest absolute Gasteiger partial charge is 0.163 e. The van der Waals surface area contributed by atoms with Crippen LogP contribution in [0.15, 0.2) is 197 Å². The van der Waals surface area contributed by atoms with Crippen molar-refractivity contribution in [3.05, 3.63) is 210 Å². The van der Waals surface area contributed by atoms with Gasteiger partial charge in [0.2, 0.25) is 0 Å². The van der Waals surface area contributed by atoms with Crippen LogP contribution in [0.25, 0.3) is 55.0 Å². The molecule has 10 aromatic rings. The Hall–Kier alpha value is -6.84. The van der Waals surface area contributed by atoms with E-state index >= 15 is 0 Å². The van der Waals surface area contributed by atoms with Crippen molar-refractivity contribution in [1.29, 1.82) is 0 Å². The summed E-state index contributed by atoms with van der Waals surface area (Å²) < 4.78 is 13.4. The zero-order valence-electron chi connectivity index (χ0n) is 28.2. The van der Waals surface area contributed by atoms with Gasteiger partial charge in [-0.3, -0.25) is 0 Å². The number of furan rings is 2. The first-order valence-electron chi connectivity index (χ1n) is 17.8. The fourth-order valence-electron chi connectivity index (χ4n) is 8.79. The molecule has 52 heavy (non-hydrogen) atoms. The van der Waals surface area contributed by atoms with E-state index in [4.69, 9.17) is 8.83 Å². The first-order chi connectivity index (χ1) is 25.8. The third-order valence-electron chi connectivity index (χ3n) is 10.9. The SMILES string of the molecule is c1ccc(N(c2ccc(C3(c4ccccc4)c4ccccc4-c4ccccc43)cc2)c2cc3c4ccccc4oc3c3c2oc2ccccc23)cc1. The first kappa shape index (κ1) is 28.9. The number of fused-ring (bicyclic) bond motifs is 10. The van der Waals surface area contributed by atoms with Crippen LogP contribution in [0, 0.1) is 0 Å². The first-order valence-corrected chi connectivity index (χ1v) is 17.8. The Kier molecular flexibility index (Phi) is 6.17. The Balaban J connectivity index is 1.18. The minimum Gasteiger partial charge on any atom is -0.455 e. The van der Waals surface area contributed by atoms with E-state index in [0.717, 1.165) is 60.9 Å². The average Bonchev–Trinajstić information content (AvgIpc) is 3.88. The Morgan fingerprint density at radius 3 is 1.58 bits per heavy atom. The molecular weight excluding hydrogens is 635 g/mol. The van der Waals surface area contributed by atoms with Gasteiger partial charge in [0.15, 0.2) is 5.58 Å². The van der Waals surface area contributed by atoms with Gasteiger partial charge in [0.05, 0.1) is 16.5 Å². The predicted molar refractivity (Wildman–Crippen MR) is 213 cm³/mol. The lowest BCUT2D eigenvalue weighted by Gasteiger charge is -2.34. The summed E-state index contributed by atoms with van der Waals surface area (Å²) in [6.07, 6.45) is 0. The molecule has 0 fully saturated rings. The van der Waals surface area contributed by atoms with Gasteiger partial charge < -0.3 is 13.7 Å². The van der Waals surface area contributed by atoms with E-state index in [1.165, 1.54) is 33.4 Å². The average molecular weight is 666 g/mol. The Morgan fingerprint density at radius 2 is 0.885 bits per heavy atom. The van der Waals surface area contributed by atoms with Crippen LogP contribution >= 0.6 is 0 Å². The minimum absolute atomic E-state index is 0.467. The Bertz CT molecular complexity index is 2910. The molecule has 3 nitrogen and oxygen atoms in total. The second-order valence-electron chi connectivity index (χ2n) is 13.6. The van der Waals surface area contributed by atoms with Crippen LogP contribution in [-0.2, 0) is 5.41 Å². The third-order valence-corrected chi connectivity index (χ3v) is 10.9. The maximum absolute atomic E-state index is 6.77. The minimum atomic E-state index is -0.467. The van der Waals surface area contributed by atoms with Gasteiger partial charge in [-0.2, -0.15) is 0 Å². The van der Waals surface area contributed by atoms with Gasteiger partial charge in [-0.25, -0.2) is 0 Å². The summed E-state index contributed by atoms with van der Waals surface area (Å²) in [6, 6.07) is 67.2. The van der Waals surface area contributed by atoms with Crippen molar-refractivity contribution >= 4 is 60.9 Å². The molecule has 0 unspecified atom stereocenters. The van der Waals surface area contributed by atoms with Crippen LogP contribution in [0.2, 0.25) is 0 Å². The highest BCUT2D eigenvalue weighted by Crippen LogP contribution is 2.56. The van der Waals surface area contributed by atoms with E-state index in [0.29, 0.717) is 0 Å². The number of hydrogen-bond donors (Lipinski definition) is 0. The summed E-state index contributed by atoms with van der Waals surface area (Å²) in [7, 11) is 0. The summed E-state index contributed by atoms with van der Waals surface area (Å²) in [5, 5.41) is 4.16. The Labute approximate surface area is 300 Å². The fraction of sp³-hybridized carbons (Fsp3) is 0.0204. The van der Waals surface area contributed by atoms with Crippen molar-refractivity contribution in [2.45, 2.75) is 5.41 Å². The zero-order valence-corrected chi connectivity index (χ0v) is 28.2. The van der Waals surface area contributed by atoms with Crippen molar-refractivity contribution in [3.63, 3.8) is 0 Å². The molecule has 2 aromatic heterocycles. The quantitative estimate of drug-likeness (QED) is 0.183. The lowest BCUT2D eigenvalue weighted by Crippen LogP contribution is -2.28. The topological polar surface area (TPSA) is 29.5 Å². The molecule has 2 heterocycles. The molecule has 3 heteroatoms. The van der Waals surface area contributed by atoms with Crippen LogP contribution in [0.4, 0.5) is 17.1 Å². The summed E-state index contributed by atoms with van der Waals surface area (Å²) >= 11 is 0. The van der Waals surface area contributed by atoms with E-state index in [1.807, 2.05) is 24.3 Å². The standard InChI is InChI=1S/C49H31NO2/c1-3-15-32(16-4-1)49(41-23-11-7-19-36(41)37-20-8-12-24-42(37)49)33-27-29-35(30-28-33)50(34-17-5-2-6-18-34)43-31-40-38-21-9-13-25-44(38)51-47(40)46-39-22-10-14-26-45(39)52-48(43)46/h1-31H. The summed E-state index contributed by atoms with van der Waals surface area (Å²) in [4.78, 5) is 2.32. The van der Waals surface area contributed by atoms with Gasteiger partial charge in [-0.15, -0.1) is 0 Å². The molecule has 244 valence electrons. The van der Waals surface area contributed by atoms with Crippen LogP contribution < -0.4 is 4.90 Å². The molecule has 0 spiro atoms. The monoisotopic (exact) mass is 665 g/mol. The number of nitrogens with zero attached hydrogens (tertiary/aromatic N) is 1. The lowest BCUT2D eigenvalue weighted by molar-refractivity contribution is 0.663. The predicted octanol–water partition coefficient (Wildman–Crippen LogP) is 13.3. The molecular formula is C49H31NO2. The van der Waals surface area contributed by atoms with Crippen molar-refractivity contribution in [2.75, 3.05) is 4.90 Å². The van der Waals surface area contributed by atoms with Crippen LogP contribution in [-0.4, -0.2) is 0 Å². The molecule has 0 aliphatic heterocycles. The van der Waals surface area contributed by atoms with Gasteiger partial charge in [0.25, 0.3) is 0 Å². The molecule has 0 atom stereocenters. The number of anilines is 3. The van der Waals surface area contributed by atoms with Crippen LogP contribution in [0.3, 0.4) is 0 Å². The van der Waals surface area contributed by atoms with E-state index in [1.54, 1.807) is 0 Å². The van der Waals surface area contributed by atoms with Gasteiger partial charge in [-0.1, -0.05) is 146 Å².